The van der Waals surface area contributed by atoms with Crippen molar-refractivity contribution in [3.63, 3.8) is 0 Å². The Bertz CT molecular complexity index is 957. The van der Waals surface area contributed by atoms with Gasteiger partial charge in [0.1, 0.15) is 17.9 Å². The first kappa shape index (κ1) is 24.7. The molecule has 2 aliphatic rings. The second-order valence-corrected chi connectivity index (χ2v) is 8.31. The number of nitrogens with zero attached hydrogens (tertiary/aromatic N) is 1. The zero-order valence-corrected chi connectivity index (χ0v) is 18.9. The quantitative estimate of drug-likeness (QED) is 0.398. The maximum Gasteiger partial charge on any atom is 0.328 e. The third-order valence-electron chi connectivity index (χ3n) is 5.64. The zero-order valence-electron chi connectivity index (χ0n) is 18.1. The first-order valence-electron chi connectivity index (χ1n) is 10.7. The second kappa shape index (κ2) is 11.2. The van der Waals surface area contributed by atoms with Crippen molar-refractivity contribution in [3.05, 3.63) is 40.7 Å². The van der Waals surface area contributed by atoms with Gasteiger partial charge in [-0.05, 0) is 43.9 Å². The van der Waals surface area contributed by atoms with Crippen molar-refractivity contribution in [3.8, 4) is 0 Å². The summed E-state index contributed by atoms with van der Waals surface area (Å²) in [5, 5.41) is 6.73. The molecule has 1 aromatic rings. The van der Waals surface area contributed by atoms with E-state index in [9.17, 15) is 23.6 Å². The number of amides is 3. The normalized spacial score (nSPS) is 21.5. The predicted molar refractivity (Wildman–Crippen MR) is 118 cm³/mol. The Morgan fingerprint density at radius 2 is 2.12 bits per heavy atom. The number of rotatable bonds is 7. The van der Waals surface area contributed by atoms with Crippen LogP contribution in [0.3, 0.4) is 0 Å². The van der Waals surface area contributed by atoms with E-state index < -0.39 is 41.6 Å². The van der Waals surface area contributed by atoms with Crippen LogP contribution in [0.4, 0.5) is 4.39 Å². The summed E-state index contributed by atoms with van der Waals surface area (Å²) in [5.74, 6) is -2.92. The monoisotopic (exact) mass is 480 g/mol. The van der Waals surface area contributed by atoms with Gasteiger partial charge < -0.3 is 15.4 Å². The van der Waals surface area contributed by atoms with Crippen LogP contribution in [0.2, 0.25) is 5.02 Å². The van der Waals surface area contributed by atoms with Gasteiger partial charge in [0.2, 0.25) is 11.8 Å². The summed E-state index contributed by atoms with van der Waals surface area (Å²) in [7, 11) is 1.20. The van der Waals surface area contributed by atoms with Crippen molar-refractivity contribution in [2.45, 2.75) is 37.8 Å². The van der Waals surface area contributed by atoms with E-state index in [-0.39, 0.29) is 22.9 Å². The lowest BCUT2D eigenvalue weighted by atomic mass is 9.97. The van der Waals surface area contributed by atoms with Gasteiger partial charge in [-0.25, -0.2) is 14.6 Å². The van der Waals surface area contributed by atoms with Gasteiger partial charge in [-0.15, -0.1) is 0 Å². The zero-order chi connectivity index (χ0) is 24.0. The highest BCUT2D eigenvalue weighted by Crippen LogP contribution is 2.19. The number of hydrogen-bond donors (Lipinski definition) is 3. The van der Waals surface area contributed by atoms with Crippen LogP contribution in [0.25, 0.3) is 6.08 Å². The molecule has 2 heterocycles. The van der Waals surface area contributed by atoms with E-state index in [4.69, 9.17) is 16.3 Å². The van der Waals surface area contributed by atoms with Crippen LogP contribution in [-0.4, -0.2) is 61.0 Å². The van der Waals surface area contributed by atoms with E-state index in [2.05, 4.69) is 16.1 Å². The van der Waals surface area contributed by atoms with Gasteiger partial charge in [0.15, 0.2) is 0 Å². The summed E-state index contributed by atoms with van der Waals surface area (Å²) in [6.45, 7) is 0.988. The maximum atomic E-state index is 14.0. The molecule has 33 heavy (non-hydrogen) atoms. The molecule has 3 unspecified atom stereocenters. The summed E-state index contributed by atoms with van der Waals surface area (Å²) >= 11 is 5.74. The van der Waals surface area contributed by atoms with Gasteiger partial charge in [0.05, 0.1) is 7.11 Å². The minimum atomic E-state index is -1.02. The molecule has 3 amide bonds. The number of nitrogens with one attached hydrogen (secondary N) is 3. The van der Waals surface area contributed by atoms with Crippen LogP contribution in [0, 0.1) is 11.7 Å². The molecule has 11 heteroatoms. The number of benzene rings is 1. The van der Waals surface area contributed by atoms with Crippen LogP contribution >= 0.6 is 11.6 Å². The first-order chi connectivity index (χ1) is 15.8. The number of hydrazine groups is 1. The molecule has 9 nitrogen and oxygen atoms in total. The Morgan fingerprint density at radius 3 is 2.79 bits per heavy atom. The maximum absolute atomic E-state index is 14.0. The van der Waals surface area contributed by atoms with Gasteiger partial charge in [-0.3, -0.25) is 19.4 Å². The van der Waals surface area contributed by atoms with Crippen LogP contribution in [0.5, 0.6) is 0 Å². The fourth-order valence-corrected chi connectivity index (χ4v) is 4.03. The minimum Gasteiger partial charge on any atom is -0.467 e. The van der Waals surface area contributed by atoms with Gasteiger partial charge in [-0.1, -0.05) is 17.7 Å². The molecule has 178 valence electrons. The lowest BCUT2D eigenvalue weighted by molar-refractivity contribution is -0.148. The molecule has 0 bridgehead atoms. The van der Waals surface area contributed by atoms with Gasteiger partial charge in [0.25, 0.3) is 5.91 Å². The fourth-order valence-electron chi connectivity index (χ4n) is 3.87. The summed E-state index contributed by atoms with van der Waals surface area (Å²) in [4.78, 5) is 49.9. The molecule has 0 radical (unpaired) electrons. The smallest absolute Gasteiger partial charge is 0.328 e. The molecule has 0 spiro atoms. The lowest BCUT2D eigenvalue weighted by Gasteiger charge is -2.35. The first-order valence-corrected chi connectivity index (χ1v) is 11.0. The average molecular weight is 481 g/mol. The molecule has 3 atom stereocenters. The number of halogens is 2. The van der Waals surface area contributed by atoms with Gasteiger partial charge >= 0.3 is 5.97 Å². The highest BCUT2D eigenvalue weighted by atomic mass is 35.5. The third kappa shape index (κ3) is 6.29. The Balaban J connectivity index is 1.69. The summed E-state index contributed by atoms with van der Waals surface area (Å²) in [6, 6.07) is 2.17. The molecule has 1 aromatic carbocycles. The van der Waals surface area contributed by atoms with E-state index in [0.29, 0.717) is 32.4 Å². The fraction of sp³-hybridized carbons (Fsp3) is 0.455. The summed E-state index contributed by atoms with van der Waals surface area (Å²) in [6.07, 6.45) is 4.12. The van der Waals surface area contributed by atoms with Crippen molar-refractivity contribution < 1.29 is 28.3 Å². The van der Waals surface area contributed by atoms with Crippen LogP contribution in [0.1, 0.15) is 31.2 Å². The van der Waals surface area contributed by atoms with Crippen LogP contribution in [-0.2, 0) is 23.9 Å². The summed E-state index contributed by atoms with van der Waals surface area (Å²) in [5.41, 5.74) is 3.06. The van der Waals surface area contributed by atoms with Crippen LogP contribution < -0.4 is 16.1 Å². The SMILES string of the molecule is COC(=O)C(CC1CCNC1=O)NC(=O)C1CCCNN1C(=O)/C=C/c1ccc(Cl)cc1F. The Kier molecular flexibility index (Phi) is 8.40. The number of esters is 1. The topological polar surface area (TPSA) is 117 Å². The molecule has 0 saturated carbocycles. The molecule has 2 fully saturated rings. The van der Waals surface area contributed by atoms with E-state index >= 15 is 0 Å². The largest absolute Gasteiger partial charge is 0.467 e. The van der Waals surface area contributed by atoms with Crippen molar-refractivity contribution in [2.24, 2.45) is 5.92 Å². The Hall–Kier alpha value is -2.98. The Morgan fingerprint density at radius 1 is 1.33 bits per heavy atom. The van der Waals surface area contributed by atoms with Crippen molar-refractivity contribution in [1.82, 2.24) is 21.1 Å². The minimum absolute atomic E-state index is 0.105. The van der Waals surface area contributed by atoms with Crippen molar-refractivity contribution >= 4 is 41.4 Å². The van der Waals surface area contributed by atoms with Crippen molar-refractivity contribution in [1.29, 1.82) is 0 Å². The number of ether oxygens (including phenoxy) is 1. The molecule has 2 aliphatic heterocycles. The van der Waals surface area contributed by atoms with E-state index in [1.54, 1.807) is 0 Å². The second-order valence-electron chi connectivity index (χ2n) is 7.87. The number of carbonyl (C=O) groups is 4. The number of carbonyl (C=O) groups excluding carboxylic acids is 4. The van der Waals surface area contributed by atoms with E-state index in [0.717, 1.165) is 12.1 Å². The predicted octanol–water partition coefficient (Wildman–Crippen LogP) is 1.17. The highest BCUT2D eigenvalue weighted by molar-refractivity contribution is 6.30. The molecular formula is C22H26ClFN4O5. The molecule has 3 rings (SSSR count). The number of methoxy groups -OCH3 is 1. The molecule has 3 N–H and O–H groups in total. The lowest BCUT2D eigenvalue weighted by Crippen LogP contribution is -2.60. The van der Waals surface area contributed by atoms with Crippen LogP contribution in [0.15, 0.2) is 24.3 Å². The third-order valence-corrected chi connectivity index (χ3v) is 5.88. The summed E-state index contributed by atoms with van der Waals surface area (Å²) < 4.78 is 18.8. The molecule has 2 saturated heterocycles. The average Bonchev–Trinajstić information content (AvgIpc) is 3.21. The Labute approximate surface area is 195 Å². The van der Waals surface area contributed by atoms with Gasteiger partial charge in [0, 0.05) is 35.7 Å². The van der Waals surface area contributed by atoms with Crippen molar-refractivity contribution in [2.75, 3.05) is 20.2 Å². The standard InChI is InChI=1S/C22H26ClFN4O5/c1-33-22(32)17(11-14-8-10-25-20(14)30)27-21(31)18-3-2-9-26-28(18)19(29)7-5-13-4-6-15(23)12-16(13)24/h4-7,12,14,17-18,26H,2-3,8-11H2,1H3,(H,25,30)(H,27,31)/b7-5+. The van der Waals surface area contributed by atoms with E-state index in [1.807, 2.05) is 0 Å². The molecule has 0 aliphatic carbocycles. The molecule has 0 aromatic heterocycles. The molecular weight excluding hydrogens is 455 g/mol. The number of hydrogen-bond acceptors (Lipinski definition) is 6. The van der Waals surface area contributed by atoms with E-state index in [1.165, 1.54) is 30.3 Å². The highest BCUT2D eigenvalue weighted by Gasteiger charge is 2.36. The van der Waals surface area contributed by atoms with Gasteiger partial charge in [-0.2, -0.15) is 0 Å².